The molecule has 0 amide bonds. The predicted octanol–water partition coefficient (Wildman–Crippen LogP) is 6.69. The van der Waals surface area contributed by atoms with Crippen molar-refractivity contribution < 1.29 is 0 Å². The summed E-state index contributed by atoms with van der Waals surface area (Å²) >= 11 is 0. The zero-order valence-electron chi connectivity index (χ0n) is 14.2. The van der Waals surface area contributed by atoms with Crippen molar-refractivity contribution in [2.75, 3.05) is 0 Å². The SMILES string of the molecule is CCCC(C)C(CC(CC)CC)C(C)(CC)CC. The Hall–Kier alpha value is 0. The second kappa shape index (κ2) is 8.99. The molecule has 0 spiro atoms. The van der Waals surface area contributed by atoms with Crippen LogP contribution in [0.5, 0.6) is 0 Å². The van der Waals surface area contributed by atoms with E-state index >= 15 is 0 Å². The van der Waals surface area contributed by atoms with E-state index in [2.05, 4.69) is 48.5 Å². The van der Waals surface area contributed by atoms with Gasteiger partial charge in [0.1, 0.15) is 0 Å². The monoisotopic (exact) mass is 254 g/mol. The third-order valence-corrected chi connectivity index (χ3v) is 5.68. The third-order valence-electron chi connectivity index (χ3n) is 5.68. The molecule has 0 saturated carbocycles. The first kappa shape index (κ1) is 18.0. The lowest BCUT2D eigenvalue weighted by atomic mass is 9.63. The standard InChI is InChI=1S/C18H38/c1-8-13-15(6)17(14-16(9-2)10-3)18(7,11-4)12-5/h15-17H,8-14H2,1-7H3. The molecule has 0 fully saturated rings. The van der Waals surface area contributed by atoms with E-state index in [1.54, 1.807) is 0 Å². The molecule has 0 aliphatic rings. The maximum absolute atomic E-state index is 2.53. The van der Waals surface area contributed by atoms with Crippen LogP contribution in [0, 0.1) is 23.2 Å². The fraction of sp³-hybridized carbons (Fsp3) is 1.00. The Morgan fingerprint density at radius 2 is 1.39 bits per heavy atom. The van der Waals surface area contributed by atoms with Gasteiger partial charge in [0, 0.05) is 0 Å². The summed E-state index contributed by atoms with van der Waals surface area (Å²) in [4.78, 5) is 0. The van der Waals surface area contributed by atoms with E-state index < -0.39 is 0 Å². The minimum atomic E-state index is 0.553. The predicted molar refractivity (Wildman–Crippen MR) is 84.9 cm³/mol. The first-order valence-corrected chi connectivity index (χ1v) is 8.48. The Morgan fingerprint density at radius 3 is 1.72 bits per heavy atom. The molecule has 2 atom stereocenters. The van der Waals surface area contributed by atoms with Gasteiger partial charge in [-0.25, -0.2) is 0 Å². The molecule has 0 aromatic rings. The summed E-state index contributed by atoms with van der Waals surface area (Å²) in [5, 5.41) is 0. The summed E-state index contributed by atoms with van der Waals surface area (Å²) < 4.78 is 0. The van der Waals surface area contributed by atoms with E-state index in [1.165, 1.54) is 44.9 Å². The largest absolute Gasteiger partial charge is 0.0654 e. The molecule has 0 heteroatoms. The van der Waals surface area contributed by atoms with E-state index in [0.29, 0.717) is 5.41 Å². The van der Waals surface area contributed by atoms with Crippen molar-refractivity contribution in [1.82, 2.24) is 0 Å². The fourth-order valence-corrected chi connectivity index (χ4v) is 3.62. The smallest absolute Gasteiger partial charge is 0.0300 e. The molecule has 0 saturated heterocycles. The van der Waals surface area contributed by atoms with Gasteiger partial charge in [-0.2, -0.15) is 0 Å². The quantitative estimate of drug-likeness (QED) is 0.407. The molecule has 18 heavy (non-hydrogen) atoms. The van der Waals surface area contributed by atoms with E-state index in [4.69, 9.17) is 0 Å². The average Bonchev–Trinajstić information content (AvgIpc) is 2.39. The zero-order valence-corrected chi connectivity index (χ0v) is 14.2. The van der Waals surface area contributed by atoms with Gasteiger partial charge in [-0.3, -0.25) is 0 Å². The summed E-state index contributed by atoms with van der Waals surface area (Å²) in [6.45, 7) is 16.9. The summed E-state index contributed by atoms with van der Waals surface area (Å²) in [5.41, 5.74) is 0.553. The van der Waals surface area contributed by atoms with Gasteiger partial charge in [-0.05, 0) is 29.6 Å². The Balaban J connectivity index is 4.91. The van der Waals surface area contributed by atoms with Crippen molar-refractivity contribution in [2.24, 2.45) is 23.2 Å². The zero-order chi connectivity index (χ0) is 14.2. The second-order valence-corrected chi connectivity index (χ2v) is 6.65. The van der Waals surface area contributed by atoms with Gasteiger partial charge in [-0.15, -0.1) is 0 Å². The molecule has 0 nitrogen and oxygen atoms in total. The van der Waals surface area contributed by atoms with Crippen molar-refractivity contribution in [3.05, 3.63) is 0 Å². The van der Waals surface area contributed by atoms with Crippen LogP contribution in [0.15, 0.2) is 0 Å². The highest BCUT2D eigenvalue weighted by Gasteiger charge is 2.35. The molecule has 0 aromatic carbocycles. The van der Waals surface area contributed by atoms with E-state index in [0.717, 1.165) is 17.8 Å². The summed E-state index contributed by atoms with van der Waals surface area (Å²) in [6.07, 6.45) is 9.58. The normalized spacial score (nSPS) is 16.0. The van der Waals surface area contributed by atoms with Gasteiger partial charge >= 0.3 is 0 Å². The molecule has 0 aliphatic heterocycles. The van der Waals surface area contributed by atoms with Crippen molar-refractivity contribution in [1.29, 1.82) is 0 Å². The average molecular weight is 255 g/mol. The molecule has 0 radical (unpaired) electrons. The van der Waals surface area contributed by atoms with Crippen LogP contribution in [0.3, 0.4) is 0 Å². The van der Waals surface area contributed by atoms with Crippen LogP contribution < -0.4 is 0 Å². The fourth-order valence-electron chi connectivity index (χ4n) is 3.62. The van der Waals surface area contributed by atoms with Gasteiger partial charge in [-0.1, -0.05) is 87.0 Å². The lowest BCUT2D eigenvalue weighted by Crippen LogP contribution is -2.33. The Kier molecular flexibility index (Phi) is 8.99. The topological polar surface area (TPSA) is 0 Å². The van der Waals surface area contributed by atoms with Crippen LogP contribution in [0.4, 0.5) is 0 Å². The molecule has 110 valence electrons. The summed E-state index contributed by atoms with van der Waals surface area (Å²) in [5.74, 6) is 2.74. The molecule has 0 aliphatic carbocycles. The molecular weight excluding hydrogens is 216 g/mol. The molecule has 0 rings (SSSR count). The van der Waals surface area contributed by atoms with Crippen LogP contribution in [-0.2, 0) is 0 Å². The van der Waals surface area contributed by atoms with Gasteiger partial charge < -0.3 is 0 Å². The van der Waals surface area contributed by atoms with Gasteiger partial charge in [0.2, 0.25) is 0 Å². The Morgan fingerprint density at radius 1 is 0.889 bits per heavy atom. The van der Waals surface area contributed by atoms with Crippen molar-refractivity contribution >= 4 is 0 Å². The first-order valence-electron chi connectivity index (χ1n) is 8.48. The highest BCUT2D eigenvalue weighted by Crippen LogP contribution is 2.44. The number of hydrogen-bond acceptors (Lipinski definition) is 0. The van der Waals surface area contributed by atoms with Crippen LogP contribution in [0.2, 0.25) is 0 Å². The van der Waals surface area contributed by atoms with E-state index in [-0.39, 0.29) is 0 Å². The Labute approximate surface area is 117 Å². The minimum absolute atomic E-state index is 0.553. The van der Waals surface area contributed by atoms with Crippen LogP contribution in [0.1, 0.15) is 93.4 Å². The maximum Gasteiger partial charge on any atom is -0.0300 e. The first-order chi connectivity index (χ1) is 8.48. The lowest BCUT2D eigenvalue weighted by Gasteiger charge is -2.42. The minimum Gasteiger partial charge on any atom is -0.0654 e. The molecule has 2 unspecified atom stereocenters. The van der Waals surface area contributed by atoms with Crippen molar-refractivity contribution in [3.8, 4) is 0 Å². The molecular formula is C18H38. The highest BCUT2D eigenvalue weighted by atomic mass is 14.4. The van der Waals surface area contributed by atoms with Crippen LogP contribution >= 0.6 is 0 Å². The van der Waals surface area contributed by atoms with E-state index in [1.807, 2.05) is 0 Å². The van der Waals surface area contributed by atoms with Crippen molar-refractivity contribution in [3.63, 3.8) is 0 Å². The Bertz CT molecular complexity index is 186. The molecule has 0 aromatic heterocycles. The molecule has 0 heterocycles. The van der Waals surface area contributed by atoms with Gasteiger partial charge in [0.15, 0.2) is 0 Å². The highest BCUT2D eigenvalue weighted by molar-refractivity contribution is 4.85. The number of hydrogen-bond donors (Lipinski definition) is 0. The van der Waals surface area contributed by atoms with Crippen LogP contribution in [-0.4, -0.2) is 0 Å². The van der Waals surface area contributed by atoms with Crippen LogP contribution in [0.25, 0.3) is 0 Å². The second-order valence-electron chi connectivity index (χ2n) is 6.65. The van der Waals surface area contributed by atoms with Crippen molar-refractivity contribution in [2.45, 2.75) is 93.4 Å². The van der Waals surface area contributed by atoms with E-state index in [9.17, 15) is 0 Å². The van der Waals surface area contributed by atoms with Gasteiger partial charge in [0.25, 0.3) is 0 Å². The molecule has 0 bridgehead atoms. The number of rotatable bonds is 10. The third kappa shape index (κ3) is 4.94. The molecule has 0 N–H and O–H groups in total. The summed E-state index contributed by atoms with van der Waals surface area (Å²) in [6, 6.07) is 0. The maximum atomic E-state index is 2.53. The summed E-state index contributed by atoms with van der Waals surface area (Å²) in [7, 11) is 0. The van der Waals surface area contributed by atoms with Gasteiger partial charge in [0.05, 0.1) is 0 Å². The lowest BCUT2D eigenvalue weighted by molar-refractivity contribution is 0.0811.